The van der Waals surface area contributed by atoms with E-state index in [9.17, 15) is 13.2 Å². The van der Waals surface area contributed by atoms with Crippen LogP contribution in [0.25, 0.3) is 10.2 Å². The van der Waals surface area contributed by atoms with E-state index >= 15 is 0 Å². The molecule has 0 bridgehead atoms. The van der Waals surface area contributed by atoms with Gasteiger partial charge in [-0.25, -0.2) is 13.4 Å². The van der Waals surface area contributed by atoms with Crippen LogP contribution >= 0.6 is 11.3 Å². The van der Waals surface area contributed by atoms with E-state index in [-0.39, 0.29) is 16.8 Å². The van der Waals surface area contributed by atoms with Gasteiger partial charge in [0.2, 0.25) is 10.0 Å². The first-order valence-electron chi connectivity index (χ1n) is 10.8. The van der Waals surface area contributed by atoms with E-state index in [1.165, 1.54) is 27.8 Å². The van der Waals surface area contributed by atoms with Gasteiger partial charge >= 0.3 is 0 Å². The lowest BCUT2D eigenvalue weighted by Gasteiger charge is -2.23. The fourth-order valence-corrected chi connectivity index (χ4v) is 5.84. The molecular formula is C24H32N4O3S2. The number of anilines is 1. The highest BCUT2D eigenvalue weighted by atomic mass is 32.2. The number of benzene rings is 2. The van der Waals surface area contributed by atoms with Crippen molar-refractivity contribution in [2.45, 2.75) is 38.6 Å². The molecule has 1 aromatic heterocycles. The Morgan fingerprint density at radius 2 is 1.67 bits per heavy atom. The van der Waals surface area contributed by atoms with E-state index in [0.717, 1.165) is 21.3 Å². The number of amides is 1. The van der Waals surface area contributed by atoms with Gasteiger partial charge in [-0.1, -0.05) is 17.4 Å². The molecule has 0 atom stereocenters. The summed E-state index contributed by atoms with van der Waals surface area (Å²) in [7, 11) is 1.86. The van der Waals surface area contributed by atoms with Crippen LogP contribution < -0.4 is 4.90 Å². The summed E-state index contributed by atoms with van der Waals surface area (Å²) in [5.74, 6) is -0.202. The van der Waals surface area contributed by atoms with E-state index in [2.05, 4.69) is 13.0 Å². The summed E-state index contributed by atoms with van der Waals surface area (Å²) in [4.78, 5) is 22.1. The number of hydrogen-bond acceptors (Lipinski definition) is 6. The first-order chi connectivity index (χ1) is 15.4. The zero-order valence-electron chi connectivity index (χ0n) is 20.3. The van der Waals surface area contributed by atoms with Crippen LogP contribution in [0.3, 0.4) is 0 Å². The molecule has 0 aliphatic carbocycles. The van der Waals surface area contributed by atoms with Gasteiger partial charge in [-0.05, 0) is 83.2 Å². The average Bonchev–Trinajstić information content (AvgIpc) is 3.17. The molecule has 2 aromatic carbocycles. The number of carbonyl (C=O) groups excluding carboxylic acids is 1. The van der Waals surface area contributed by atoms with E-state index in [1.54, 1.807) is 24.1 Å². The standard InChI is InChI=1S/C24H32N4O3S2/c1-16(2)27(7)33(30,31)20-10-8-19(9-11-20)23(29)28(13-12-26(5)6)24-25-21-15-17(3)14-18(4)22(21)32-24/h8-11,14-16H,12-13H2,1-7H3. The Hall–Kier alpha value is -2.33. The van der Waals surface area contributed by atoms with Gasteiger partial charge in [0.15, 0.2) is 5.13 Å². The van der Waals surface area contributed by atoms with Crippen molar-refractivity contribution in [2.75, 3.05) is 39.1 Å². The van der Waals surface area contributed by atoms with Crippen LogP contribution in [0.15, 0.2) is 41.3 Å². The SMILES string of the molecule is Cc1cc(C)c2sc(N(CCN(C)C)C(=O)c3ccc(S(=O)(=O)N(C)C(C)C)cc3)nc2c1. The summed E-state index contributed by atoms with van der Waals surface area (Å²) in [5, 5.41) is 0.641. The maximum Gasteiger partial charge on any atom is 0.260 e. The average molecular weight is 489 g/mol. The number of sulfonamides is 1. The van der Waals surface area contributed by atoms with Gasteiger partial charge in [-0.3, -0.25) is 9.69 Å². The molecule has 0 saturated carbocycles. The Labute approximate surface area is 200 Å². The Balaban J connectivity index is 1.97. The first kappa shape index (κ1) is 25.3. The van der Waals surface area contributed by atoms with Crippen LogP contribution in [0.5, 0.6) is 0 Å². The van der Waals surface area contributed by atoms with Crippen LogP contribution in [-0.2, 0) is 10.0 Å². The number of fused-ring (bicyclic) bond motifs is 1. The largest absolute Gasteiger partial charge is 0.308 e. The summed E-state index contributed by atoms with van der Waals surface area (Å²) in [6, 6.07) is 10.1. The van der Waals surface area contributed by atoms with E-state index in [1.807, 2.05) is 45.8 Å². The number of rotatable bonds is 8. The molecule has 0 unspecified atom stereocenters. The second-order valence-corrected chi connectivity index (χ2v) is 11.8. The molecule has 0 radical (unpaired) electrons. The van der Waals surface area contributed by atoms with Crippen molar-refractivity contribution in [3.8, 4) is 0 Å². The Kier molecular flexibility index (Phi) is 7.58. The van der Waals surface area contributed by atoms with Crippen LogP contribution in [-0.4, -0.2) is 68.8 Å². The number of hydrogen-bond donors (Lipinski definition) is 0. The highest BCUT2D eigenvalue weighted by molar-refractivity contribution is 7.89. The van der Waals surface area contributed by atoms with Gasteiger partial charge in [-0.2, -0.15) is 4.31 Å². The highest BCUT2D eigenvalue weighted by Gasteiger charge is 2.25. The lowest BCUT2D eigenvalue weighted by atomic mass is 10.1. The molecule has 1 heterocycles. The molecule has 3 rings (SSSR count). The Bertz CT molecular complexity index is 1250. The van der Waals surface area contributed by atoms with Crippen LogP contribution in [0.1, 0.15) is 35.3 Å². The molecule has 0 fully saturated rings. The molecule has 33 heavy (non-hydrogen) atoms. The van der Waals surface area contributed by atoms with Gasteiger partial charge in [0.05, 0.1) is 15.1 Å². The topological polar surface area (TPSA) is 73.8 Å². The van der Waals surface area contributed by atoms with E-state index in [4.69, 9.17) is 4.98 Å². The molecule has 0 aliphatic rings. The third-order valence-corrected chi connectivity index (χ3v) is 8.84. The molecule has 9 heteroatoms. The van der Waals surface area contributed by atoms with Gasteiger partial charge < -0.3 is 4.90 Å². The second-order valence-electron chi connectivity index (χ2n) is 8.83. The lowest BCUT2D eigenvalue weighted by Crippen LogP contribution is -2.37. The third kappa shape index (κ3) is 5.43. The zero-order chi connectivity index (χ0) is 24.5. The quantitative estimate of drug-likeness (QED) is 0.476. The predicted molar refractivity (Wildman–Crippen MR) is 136 cm³/mol. The van der Waals surface area contributed by atoms with Crippen LogP contribution in [0, 0.1) is 13.8 Å². The third-order valence-electron chi connectivity index (χ3n) is 5.56. The van der Waals surface area contributed by atoms with E-state index < -0.39 is 10.0 Å². The van der Waals surface area contributed by atoms with Crippen molar-refractivity contribution < 1.29 is 13.2 Å². The molecule has 0 aliphatic heterocycles. The minimum atomic E-state index is -3.61. The van der Waals surface area contributed by atoms with Gasteiger partial charge in [0.1, 0.15) is 0 Å². The summed E-state index contributed by atoms with van der Waals surface area (Å²) >= 11 is 1.50. The van der Waals surface area contributed by atoms with Crippen molar-refractivity contribution in [2.24, 2.45) is 0 Å². The summed E-state index contributed by atoms with van der Waals surface area (Å²) < 4.78 is 27.9. The monoisotopic (exact) mass is 488 g/mol. The van der Waals surface area contributed by atoms with Crippen molar-refractivity contribution >= 4 is 42.6 Å². The number of likely N-dealkylation sites (N-methyl/N-ethyl adjacent to an activating group) is 1. The van der Waals surface area contributed by atoms with Gasteiger partial charge in [0, 0.05) is 31.7 Å². The number of nitrogens with zero attached hydrogens (tertiary/aromatic N) is 4. The van der Waals surface area contributed by atoms with Crippen molar-refractivity contribution in [3.63, 3.8) is 0 Å². The van der Waals surface area contributed by atoms with Crippen molar-refractivity contribution in [3.05, 3.63) is 53.1 Å². The molecule has 178 valence electrons. The lowest BCUT2D eigenvalue weighted by molar-refractivity contribution is 0.0985. The maximum atomic E-state index is 13.5. The molecule has 0 spiro atoms. The fourth-order valence-electron chi connectivity index (χ4n) is 3.43. The highest BCUT2D eigenvalue weighted by Crippen LogP contribution is 2.33. The molecule has 0 N–H and O–H groups in total. The number of aryl methyl sites for hydroxylation is 2. The Morgan fingerprint density at radius 1 is 1.03 bits per heavy atom. The fraction of sp³-hybridized carbons (Fsp3) is 0.417. The predicted octanol–water partition coefficient (Wildman–Crippen LogP) is 4.15. The number of carbonyl (C=O) groups is 1. The second kappa shape index (κ2) is 9.89. The maximum absolute atomic E-state index is 13.5. The molecule has 7 nitrogen and oxygen atoms in total. The molecule has 3 aromatic rings. The summed E-state index contributed by atoms with van der Waals surface area (Å²) in [6.45, 7) is 8.87. The van der Waals surface area contributed by atoms with Crippen molar-refractivity contribution in [1.82, 2.24) is 14.2 Å². The smallest absolute Gasteiger partial charge is 0.260 e. The number of thiazole rings is 1. The zero-order valence-corrected chi connectivity index (χ0v) is 21.9. The molecule has 1 amide bonds. The first-order valence-corrected chi connectivity index (χ1v) is 13.1. The summed E-state index contributed by atoms with van der Waals surface area (Å²) in [6.07, 6.45) is 0. The van der Waals surface area contributed by atoms with Gasteiger partial charge in [0.25, 0.3) is 5.91 Å². The van der Waals surface area contributed by atoms with Crippen LogP contribution in [0.2, 0.25) is 0 Å². The number of aromatic nitrogens is 1. The minimum Gasteiger partial charge on any atom is -0.308 e. The van der Waals surface area contributed by atoms with Gasteiger partial charge in [-0.15, -0.1) is 0 Å². The Morgan fingerprint density at radius 3 is 2.24 bits per heavy atom. The van der Waals surface area contributed by atoms with E-state index in [0.29, 0.717) is 23.8 Å². The van der Waals surface area contributed by atoms with Crippen LogP contribution in [0.4, 0.5) is 5.13 Å². The molecule has 0 saturated heterocycles. The molecular weight excluding hydrogens is 456 g/mol. The summed E-state index contributed by atoms with van der Waals surface area (Å²) in [5.41, 5.74) is 3.57. The normalized spacial score (nSPS) is 12.3. The van der Waals surface area contributed by atoms with Crippen molar-refractivity contribution in [1.29, 1.82) is 0 Å². The minimum absolute atomic E-state index is 0.163.